The number of amides is 1. The third-order valence-corrected chi connectivity index (χ3v) is 6.74. The maximum atomic E-state index is 13.7. The van der Waals surface area contributed by atoms with Gasteiger partial charge in [-0.3, -0.25) is 9.69 Å². The van der Waals surface area contributed by atoms with E-state index in [1.807, 2.05) is 19.1 Å². The molecule has 2 N–H and O–H groups in total. The van der Waals surface area contributed by atoms with Crippen molar-refractivity contribution < 1.29 is 18.7 Å². The van der Waals surface area contributed by atoms with Crippen molar-refractivity contribution in [2.75, 3.05) is 17.3 Å². The Hall–Kier alpha value is -3.36. The lowest BCUT2D eigenvalue weighted by Gasteiger charge is -2.56. The molecule has 6 nitrogen and oxygen atoms in total. The molecule has 3 atom stereocenters. The van der Waals surface area contributed by atoms with Crippen LogP contribution in [0.3, 0.4) is 0 Å². The summed E-state index contributed by atoms with van der Waals surface area (Å²) in [5, 5.41) is 7.22. The first-order valence-electron chi connectivity index (χ1n) is 10.6. The number of benzene rings is 3. The molecule has 0 aliphatic carbocycles. The Morgan fingerprint density at radius 3 is 2.56 bits per heavy atom. The largest absolute Gasteiger partial charge is 0.497 e. The Kier molecular flexibility index (Phi) is 5.58. The Balaban J connectivity index is 1.62. The number of nitrogens with zero attached hydrogens (tertiary/aromatic N) is 1. The lowest BCUT2D eigenvalue weighted by Crippen LogP contribution is -2.72. The van der Waals surface area contributed by atoms with E-state index in [0.29, 0.717) is 33.0 Å². The van der Waals surface area contributed by atoms with Crippen molar-refractivity contribution in [1.82, 2.24) is 5.32 Å². The molecule has 0 radical (unpaired) electrons. The Labute approximate surface area is 206 Å². The highest BCUT2D eigenvalue weighted by atomic mass is 35.5. The SMILES string of the molecule is COc1ccc2c(c1)[C@H]1NC(=S)N(c3ccc(F)cc3)[C@@](C)(O2)[C@@H]1C(=O)Nc1ccc(Cl)cc1. The van der Waals surface area contributed by atoms with Gasteiger partial charge < -0.3 is 20.1 Å². The Bertz CT molecular complexity index is 1270. The number of fused-ring (bicyclic) bond motifs is 4. The van der Waals surface area contributed by atoms with E-state index in [2.05, 4.69) is 10.6 Å². The molecule has 2 bridgehead atoms. The molecular weight excluding hydrogens is 477 g/mol. The number of carbonyl (C=O) groups is 1. The molecule has 9 heteroatoms. The molecule has 0 unspecified atom stereocenters. The van der Waals surface area contributed by atoms with Gasteiger partial charge in [0, 0.05) is 22.0 Å². The zero-order valence-corrected chi connectivity index (χ0v) is 19.9. The third kappa shape index (κ3) is 3.73. The van der Waals surface area contributed by atoms with E-state index in [1.165, 1.54) is 12.1 Å². The summed E-state index contributed by atoms with van der Waals surface area (Å²) in [5.74, 6) is -0.144. The minimum Gasteiger partial charge on any atom is -0.497 e. The van der Waals surface area contributed by atoms with Crippen molar-refractivity contribution in [2.45, 2.75) is 18.7 Å². The molecule has 3 aromatic rings. The molecule has 1 fully saturated rings. The van der Waals surface area contributed by atoms with Crippen LogP contribution in [-0.4, -0.2) is 23.9 Å². The normalized spacial score (nSPS) is 22.8. The highest BCUT2D eigenvalue weighted by Gasteiger charge is 2.59. The second-order valence-corrected chi connectivity index (χ2v) is 9.10. The number of ether oxygens (including phenoxy) is 2. The molecule has 1 saturated heterocycles. The monoisotopic (exact) mass is 497 g/mol. The van der Waals surface area contributed by atoms with Gasteiger partial charge in [-0.25, -0.2) is 4.39 Å². The molecular formula is C25H21ClFN3O3S. The van der Waals surface area contributed by atoms with E-state index >= 15 is 0 Å². The third-order valence-electron chi connectivity index (χ3n) is 6.18. The summed E-state index contributed by atoms with van der Waals surface area (Å²) in [6, 6.07) is 17.7. The zero-order chi connectivity index (χ0) is 24.0. The van der Waals surface area contributed by atoms with E-state index in [1.54, 1.807) is 54.5 Å². The first kappa shape index (κ1) is 22.4. The van der Waals surface area contributed by atoms with Crippen LogP contribution in [0.4, 0.5) is 15.8 Å². The molecule has 0 saturated carbocycles. The van der Waals surface area contributed by atoms with Crippen LogP contribution in [0.2, 0.25) is 5.02 Å². The molecule has 1 amide bonds. The summed E-state index contributed by atoms with van der Waals surface area (Å²) in [6.07, 6.45) is 0. The molecule has 2 aliphatic rings. The smallest absolute Gasteiger partial charge is 0.236 e. The van der Waals surface area contributed by atoms with E-state index in [9.17, 15) is 9.18 Å². The molecule has 34 heavy (non-hydrogen) atoms. The summed E-state index contributed by atoms with van der Waals surface area (Å²) in [6.45, 7) is 1.82. The van der Waals surface area contributed by atoms with Crippen LogP contribution in [0.15, 0.2) is 66.7 Å². The number of thiocarbonyl (C=S) groups is 1. The van der Waals surface area contributed by atoms with Gasteiger partial charge in [0.25, 0.3) is 0 Å². The van der Waals surface area contributed by atoms with E-state index in [0.717, 1.165) is 5.56 Å². The molecule has 0 aromatic heterocycles. The van der Waals surface area contributed by atoms with Gasteiger partial charge in [-0.1, -0.05) is 11.6 Å². The van der Waals surface area contributed by atoms with E-state index in [4.69, 9.17) is 33.3 Å². The van der Waals surface area contributed by atoms with Gasteiger partial charge >= 0.3 is 0 Å². The molecule has 2 aliphatic heterocycles. The Morgan fingerprint density at radius 1 is 1.18 bits per heavy atom. The van der Waals surface area contributed by atoms with Crippen molar-refractivity contribution in [3.05, 3.63) is 83.1 Å². The van der Waals surface area contributed by atoms with Crippen LogP contribution < -0.4 is 25.0 Å². The molecule has 0 spiro atoms. The van der Waals surface area contributed by atoms with Crippen molar-refractivity contribution in [2.24, 2.45) is 5.92 Å². The lowest BCUT2D eigenvalue weighted by atomic mass is 9.78. The quantitative estimate of drug-likeness (QED) is 0.478. The van der Waals surface area contributed by atoms with E-state index < -0.39 is 17.7 Å². The van der Waals surface area contributed by atoms with Crippen LogP contribution in [0.1, 0.15) is 18.5 Å². The second kappa shape index (κ2) is 8.45. The summed E-state index contributed by atoms with van der Waals surface area (Å²) in [4.78, 5) is 15.5. The topological polar surface area (TPSA) is 62.8 Å². The minimum absolute atomic E-state index is 0.273. The van der Waals surface area contributed by atoms with Crippen LogP contribution in [0.25, 0.3) is 0 Å². The standard InChI is InChI=1S/C25H21ClFN3O3S/c1-25-21(23(31)28-16-7-3-14(26)4-8-16)22(19-13-18(32-2)11-12-20(19)33-25)29-24(34)30(25)17-9-5-15(27)6-10-17/h3-13,21-22H,1-2H3,(H,28,31)(H,29,34)/t21-,22+,25-/m0/s1. The number of rotatable bonds is 4. The second-order valence-electron chi connectivity index (χ2n) is 8.27. The maximum absolute atomic E-state index is 13.7. The molecule has 3 aromatic carbocycles. The summed E-state index contributed by atoms with van der Waals surface area (Å²) in [5.41, 5.74) is 0.752. The average Bonchev–Trinajstić information content (AvgIpc) is 2.81. The number of halogens is 2. The fraction of sp³-hybridized carbons (Fsp3) is 0.200. The van der Waals surface area contributed by atoms with Crippen molar-refractivity contribution in [1.29, 1.82) is 0 Å². The minimum atomic E-state index is -1.21. The van der Waals surface area contributed by atoms with Crippen molar-refractivity contribution in [3.8, 4) is 11.5 Å². The predicted molar refractivity (Wildman–Crippen MR) is 133 cm³/mol. The lowest BCUT2D eigenvalue weighted by molar-refractivity contribution is -0.130. The van der Waals surface area contributed by atoms with Crippen LogP contribution in [0, 0.1) is 11.7 Å². The number of anilines is 2. The zero-order valence-electron chi connectivity index (χ0n) is 18.3. The number of methoxy groups -OCH3 is 1. The fourth-order valence-electron chi connectivity index (χ4n) is 4.62. The van der Waals surface area contributed by atoms with Crippen molar-refractivity contribution >= 4 is 46.2 Å². The van der Waals surface area contributed by atoms with E-state index in [-0.39, 0.29) is 11.7 Å². The highest BCUT2D eigenvalue weighted by Crippen LogP contribution is 2.50. The molecule has 5 rings (SSSR count). The van der Waals surface area contributed by atoms with Crippen molar-refractivity contribution in [3.63, 3.8) is 0 Å². The van der Waals surface area contributed by atoms with Crippen LogP contribution in [-0.2, 0) is 4.79 Å². The first-order valence-corrected chi connectivity index (χ1v) is 11.4. The maximum Gasteiger partial charge on any atom is 0.236 e. The first-order chi connectivity index (χ1) is 16.3. The van der Waals surface area contributed by atoms with Gasteiger partial charge in [0.1, 0.15) is 23.2 Å². The fourth-order valence-corrected chi connectivity index (χ4v) is 5.16. The summed E-state index contributed by atoms with van der Waals surface area (Å²) in [7, 11) is 1.58. The highest BCUT2D eigenvalue weighted by molar-refractivity contribution is 7.80. The van der Waals surface area contributed by atoms with Gasteiger partial charge in [-0.05, 0) is 85.9 Å². The predicted octanol–water partition coefficient (Wildman–Crippen LogP) is 5.29. The van der Waals surface area contributed by atoms with Crippen LogP contribution >= 0.6 is 23.8 Å². The number of nitrogens with one attached hydrogen (secondary N) is 2. The van der Waals surface area contributed by atoms with Gasteiger partial charge in [-0.15, -0.1) is 0 Å². The summed E-state index contributed by atoms with van der Waals surface area (Å²) >= 11 is 11.7. The average molecular weight is 498 g/mol. The summed E-state index contributed by atoms with van der Waals surface area (Å²) < 4.78 is 25.6. The van der Waals surface area contributed by atoms with Gasteiger partial charge in [0.2, 0.25) is 5.91 Å². The number of hydrogen-bond donors (Lipinski definition) is 2. The Morgan fingerprint density at radius 2 is 1.88 bits per heavy atom. The van der Waals surface area contributed by atoms with Gasteiger partial charge in [0.05, 0.1) is 13.2 Å². The molecule has 174 valence electrons. The number of carbonyl (C=O) groups excluding carboxylic acids is 1. The molecule has 2 heterocycles. The van der Waals surface area contributed by atoms with Gasteiger partial charge in [0.15, 0.2) is 10.8 Å². The number of hydrogen-bond acceptors (Lipinski definition) is 4. The van der Waals surface area contributed by atoms with Gasteiger partial charge in [-0.2, -0.15) is 0 Å². The van der Waals surface area contributed by atoms with Crippen LogP contribution in [0.5, 0.6) is 11.5 Å².